The highest BCUT2D eigenvalue weighted by atomic mass is 16.1. The zero-order valence-corrected chi connectivity index (χ0v) is 11.0. The van der Waals surface area contributed by atoms with E-state index in [1.807, 2.05) is 12.3 Å². The van der Waals surface area contributed by atoms with Gasteiger partial charge in [-0.1, -0.05) is 19.9 Å². The zero-order chi connectivity index (χ0) is 12.5. The quantitative estimate of drug-likeness (QED) is 0.752. The Labute approximate surface area is 104 Å². The van der Waals surface area contributed by atoms with E-state index in [9.17, 15) is 4.79 Å². The molecule has 1 atom stereocenters. The van der Waals surface area contributed by atoms with Gasteiger partial charge >= 0.3 is 0 Å². The van der Waals surface area contributed by atoms with Gasteiger partial charge in [0.1, 0.15) is 0 Å². The molecule has 1 rings (SSSR count). The average molecular weight is 236 g/mol. The summed E-state index contributed by atoms with van der Waals surface area (Å²) in [5.41, 5.74) is 0.0991. The van der Waals surface area contributed by atoms with Crippen LogP contribution in [0.2, 0.25) is 0 Å². The third kappa shape index (κ3) is 5.18. The Balaban J connectivity index is 2.31. The van der Waals surface area contributed by atoms with Gasteiger partial charge in [-0.2, -0.15) is 0 Å². The summed E-state index contributed by atoms with van der Waals surface area (Å²) in [6.45, 7) is 6.30. The van der Waals surface area contributed by atoms with E-state index in [0.29, 0.717) is 6.04 Å². The Hall–Kier alpha value is -1.09. The molecule has 1 N–H and O–H groups in total. The molecule has 1 heterocycles. The fourth-order valence-corrected chi connectivity index (χ4v) is 1.95. The first-order chi connectivity index (χ1) is 8.27. The lowest BCUT2D eigenvalue weighted by Gasteiger charge is -2.16. The summed E-state index contributed by atoms with van der Waals surface area (Å²) < 4.78 is 1.78. The van der Waals surface area contributed by atoms with Gasteiger partial charge < -0.3 is 9.88 Å². The highest BCUT2D eigenvalue weighted by Crippen LogP contribution is 2.03. The number of hydrogen-bond donors (Lipinski definition) is 1. The van der Waals surface area contributed by atoms with Crippen molar-refractivity contribution in [1.29, 1.82) is 0 Å². The van der Waals surface area contributed by atoms with Gasteiger partial charge in [0.2, 0.25) is 5.56 Å². The third-order valence-corrected chi connectivity index (χ3v) is 3.03. The Morgan fingerprint density at radius 3 is 2.82 bits per heavy atom. The van der Waals surface area contributed by atoms with Crippen LogP contribution in [0.3, 0.4) is 0 Å². The van der Waals surface area contributed by atoms with Crippen molar-refractivity contribution in [3.05, 3.63) is 34.7 Å². The summed E-state index contributed by atoms with van der Waals surface area (Å²) >= 11 is 0. The molecule has 0 radical (unpaired) electrons. The average Bonchev–Trinajstić information content (AvgIpc) is 2.35. The monoisotopic (exact) mass is 236 g/mol. The molecule has 0 fully saturated rings. The summed E-state index contributed by atoms with van der Waals surface area (Å²) in [7, 11) is 0. The SMILES string of the molecule is CCCNC(CC)CCCn1ccccc1=O. The predicted molar refractivity (Wildman–Crippen MR) is 72.3 cm³/mol. The van der Waals surface area contributed by atoms with E-state index in [2.05, 4.69) is 19.2 Å². The second-order valence-corrected chi connectivity index (χ2v) is 4.43. The Morgan fingerprint density at radius 2 is 2.18 bits per heavy atom. The van der Waals surface area contributed by atoms with Crippen LogP contribution < -0.4 is 10.9 Å². The van der Waals surface area contributed by atoms with E-state index < -0.39 is 0 Å². The van der Waals surface area contributed by atoms with Crippen LogP contribution in [-0.2, 0) is 6.54 Å². The normalized spacial score (nSPS) is 12.6. The van der Waals surface area contributed by atoms with Gasteiger partial charge in [-0.25, -0.2) is 0 Å². The number of aryl methyl sites for hydroxylation is 1. The van der Waals surface area contributed by atoms with Crippen LogP contribution in [0.5, 0.6) is 0 Å². The van der Waals surface area contributed by atoms with Crippen molar-refractivity contribution in [2.45, 2.75) is 52.1 Å². The molecule has 0 bridgehead atoms. The van der Waals surface area contributed by atoms with Crippen LogP contribution in [0, 0.1) is 0 Å². The second kappa shape index (κ2) is 8.07. The van der Waals surface area contributed by atoms with E-state index in [4.69, 9.17) is 0 Å². The van der Waals surface area contributed by atoms with Gasteiger partial charge in [0, 0.05) is 24.8 Å². The minimum Gasteiger partial charge on any atom is -0.316 e. The molecule has 17 heavy (non-hydrogen) atoms. The highest BCUT2D eigenvalue weighted by molar-refractivity contribution is 4.93. The van der Waals surface area contributed by atoms with Crippen LogP contribution >= 0.6 is 0 Å². The minimum absolute atomic E-state index is 0.0991. The van der Waals surface area contributed by atoms with Crippen LogP contribution in [0.4, 0.5) is 0 Å². The predicted octanol–water partition coefficient (Wildman–Crippen LogP) is 2.41. The molecule has 1 aromatic rings. The Bertz CT molecular complexity index is 359. The Kier molecular flexibility index (Phi) is 6.63. The van der Waals surface area contributed by atoms with Crippen molar-refractivity contribution in [2.75, 3.05) is 6.54 Å². The smallest absolute Gasteiger partial charge is 0.250 e. The van der Waals surface area contributed by atoms with Crippen molar-refractivity contribution >= 4 is 0 Å². The topological polar surface area (TPSA) is 34.0 Å². The molecule has 0 saturated carbocycles. The molecule has 3 nitrogen and oxygen atoms in total. The number of rotatable bonds is 8. The number of nitrogens with one attached hydrogen (secondary N) is 1. The van der Waals surface area contributed by atoms with E-state index >= 15 is 0 Å². The van der Waals surface area contributed by atoms with Crippen molar-refractivity contribution in [1.82, 2.24) is 9.88 Å². The summed E-state index contributed by atoms with van der Waals surface area (Å²) in [5, 5.41) is 3.53. The molecule has 0 aliphatic carbocycles. The lowest BCUT2D eigenvalue weighted by Crippen LogP contribution is -2.29. The summed E-state index contributed by atoms with van der Waals surface area (Å²) in [6, 6.07) is 5.91. The van der Waals surface area contributed by atoms with Gasteiger partial charge in [0.15, 0.2) is 0 Å². The molecule has 3 heteroatoms. The number of pyridine rings is 1. The summed E-state index contributed by atoms with van der Waals surface area (Å²) in [5.74, 6) is 0. The molecular weight excluding hydrogens is 212 g/mol. The first-order valence-corrected chi connectivity index (χ1v) is 6.66. The fraction of sp³-hybridized carbons (Fsp3) is 0.643. The van der Waals surface area contributed by atoms with Crippen LogP contribution in [0.25, 0.3) is 0 Å². The zero-order valence-electron chi connectivity index (χ0n) is 11.0. The number of aromatic nitrogens is 1. The van der Waals surface area contributed by atoms with E-state index in [1.54, 1.807) is 16.7 Å². The van der Waals surface area contributed by atoms with Crippen molar-refractivity contribution in [3.8, 4) is 0 Å². The number of hydrogen-bond acceptors (Lipinski definition) is 2. The molecule has 0 amide bonds. The molecule has 0 aliphatic rings. The van der Waals surface area contributed by atoms with Crippen LogP contribution in [0.15, 0.2) is 29.2 Å². The highest BCUT2D eigenvalue weighted by Gasteiger charge is 2.04. The van der Waals surface area contributed by atoms with Crippen molar-refractivity contribution in [2.24, 2.45) is 0 Å². The maximum Gasteiger partial charge on any atom is 0.250 e. The van der Waals surface area contributed by atoms with E-state index in [0.717, 1.165) is 32.4 Å². The molecule has 0 spiro atoms. The number of nitrogens with zero attached hydrogens (tertiary/aromatic N) is 1. The first kappa shape index (κ1) is 14.0. The van der Waals surface area contributed by atoms with E-state index in [-0.39, 0.29) is 5.56 Å². The maximum absolute atomic E-state index is 11.5. The van der Waals surface area contributed by atoms with Crippen LogP contribution in [0.1, 0.15) is 39.5 Å². The second-order valence-electron chi connectivity index (χ2n) is 4.43. The molecule has 96 valence electrons. The molecule has 0 aromatic carbocycles. The largest absolute Gasteiger partial charge is 0.316 e. The van der Waals surface area contributed by atoms with Gasteiger partial charge in [0.05, 0.1) is 0 Å². The van der Waals surface area contributed by atoms with Gasteiger partial charge in [0.25, 0.3) is 0 Å². The van der Waals surface area contributed by atoms with Gasteiger partial charge in [-0.05, 0) is 38.3 Å². The fourth-order valence-electron chi connectivity index (χ4n) is 1.95. The van der Waals surface area contributed by atoms with Crippen LogP contribution in [-0.4, -0.2) is 17.2 Å². The van der Waals surface area contributed by atoms with E-state index in [1.165, 1.54) is 6.42 Å². The Morgan fingerprint density at radius 1 is 1.35 bits per heavy atom. The summed E-state index contributed by atoms with van der Waals surface area (Å²) in [4.78, 5) is 11.5. The minimum atomic E-state index is 0.0991. The standard InChI is InChI=1S/C14H24N2O/c1-3-10-15-13(4-2)8-7-12-16-11-6-5-9-14(16)17/h5-6,9,11,13,15H,3-4,7-8,10,12H2,1-2H3. The molecule has 1 unspecified atom stereocenters. The molecule has 0 saturated heterocycles. The molecule has 0 aliphatic heterocycles. The maximum atomic E-state index is 11.5. The van der Waals surface area contributed by atoms with Gasteiger partial charge in [-0.3, -0.25) is 4.79 Å². The molecular formula is C14H24N2O. The summed E-state index contributed by atoms with van der Waals surface area (Å²) in [6.07, 6.45) is 6.39. The lowest BCUT2D eigenvalue weighted by atomic mass is 10.1. The van der Waals surface area contributed by atoms with Gasteiger partial charge in [-0.15, -0.1) is 0 Å². The first-order valence-electron chi connectivity index (χ1n) is 6.66. The van der Waals surface area contributed by atoms with Crippen molar-refractivity contribution < 1.29 is 0 Å². The molecule has 1 aromatic heterocycles. The van der Waals surface area contributed by atoms with Crippen molar-refractivity contribution in [3.63, 3.8) is 0 Å². The third-order valence-electron chi connectivity index (χ3n) is 3.03. The lowest BCUT2D eigenvalue weighted by molar-refractivity contribution is 0.437.